The van der Waals surface area contributed by atoms with Crippen LogP contribution in [0.4, 0.5) is 0 Å². The molecule has 2 aliphatic rings. The van der Waals surface area contributed by atoms with Gasteiger partial charge in [0.1, 0.15) is 0 Å². The fraction of sp³-hybridized carbons (Fsp3) is 0.938. The van der Waals surface area contributed by atoms with E-state index in [4.69, 9.17) is 0 Å². The number of nitrogens with zero attached hydrogens (tertiary/aromatic N) is 1. The molecule has 4 atom stereocenters. The van der Waals surface area contributed by atoms with Crippen molar-refractivity contribution in [3.63, 3.8) is 0 Å². The zero-order chi connectivity index (χ0) is 14.2. The third kappa shape index (κ3) is 3.13. The van der Waals surface area contributed by atoms with Gasteiger partial charge in [-0.15, -0.1) is 0 Å². The van der Waals surface area contributed by atoms with Gasteiger partial charge in [-0.05, 0) is 31.1 Å². The molecule has 110 valence electrons. The summed E-state index contributed by atoms with van der Waals surface area (Å²) in [6, 6.07) is 0.410. The molecule has 4 unspecified atom stereocenters. The third-order valence-corrected chi connectivity index (χ3v) is 4.86. The van der Waals surface area contributed by atoms with Gasteiger partial charge >= 0.3 is 0 Å². The van der Waals surface area contributed by atoms with Gasteiger partial charge < -0.3 is 4.90 Å². The fourth-order valence-electron chi connectivity index (χ4n) is 3.23. The van der Waals surface area contributed by atoms with Crippen LogP contribution in [0.2, 0.25) is 0 Å². The fourth-order valence-corrected chi connectivity index (χ4v) is 3.23. The zero-order valence-electron chi connectivity index (χ0n) is 13.1. The van der Waals surface area contributed by atoms with E-state index < -0.39 is 0 Å². The second-order valence-electron chi connectivity index (χ2n) is 6.99. The summed E-state index contributed by atoms with van der Waals surface area (Å²) in [6.07, 6.45) is 5.19. The average molecular weight is 266 g/mol. The van der Waals surface area contributed by atoms with Crippen LogP contribution in [0.25, 0.3) is 0 Å². The molecular weight excluding hydrogens is 236 g/mol. The predicted octanol–water partition coefficient (Wildman–Crippen LogP) is 3.00. The van der Waals surface area contributed by atoms with Crippen molar-refractivity contribution in [2.24, 2.45) is 17.8 Å². The minimum Gasteiger partial charge on any atom is -0.323 e. The van der Waals surface area contributed by atoms with Gasteiger partial charge in [-0.3, -0.25) is 10.1 Å². The minimum atomic E-state index is 0.0269. The number of nitrogens with one attached hydrogen (secondary N) is 1. The molecule has 0 bridgehead atoms. The van der Waals surface area contributed by atoms with Crippen molar-refractivity contribution in [3.8, 4) is 0 Å². The van der Waals surface area contributed by atoms with E-state index in [-0.39, 0.29) is 12.2 Å². The van der Waals surface area contributed by atoms with E-state index in [2.05, 4.69) is 44.8 Å². The van der Waals surface area contributed by atoms with Crippen molar-refractivity contribution in [2.75, 3.05) is 0 Å². The van der Waals surface area contributed by atoms with Gasteiger partial charge in [0, 0.05) is 6.04 Å². The van der Waals surface area contributed by atoms with Gasteiger partial charge in [-0.1, -0.05) is 47.0 Å². The Morgan fingerprint density at radius 2 is 1.89 bits per heavy atom. The van der Waals surface area contributed by atoms with Crippen LogP contribution in [0.15, 0.2) is 0 Å². The van der Waals surface area contributed by atoms with Crippen LogP contribution in [0.1, 0.15) is 60.3 Å². The highest BCUT2D eigenvalue weighted by atomic mass is 16.2. The molecule has 1 N–H and O–H groups in total. The Labute approximate surface area is 118 Å². The molecule has 3 heteroatoms. The number of amides is 1. The Bertz CT molecular complexity index is 325. The van der Waals surface area contributed by atoms with E-state index in [9.17, 15) is 4.79 Å². The van der Waals surface area contributed by atoms with E-state index in [0.717, 1.165) is 12.3 Å². The Kier molecular flexibility index (Phi) is 4.54. The van der Waals surface area contributed by atoms with Crippen molar-refractivity contribution >= 4 is 5.91 Å². The summed E-state index contributed by atoms with van der Waals surface area (Å²) in [5.41, 5.74) is 0. The van der Waals surface area contributed by atoms with Gasteiger partial charge in [0.15, 0.2) is 0 Å². The maximum Gasteiger partial charge on any atom is 0.241 e. The van der Waals surface area contributed by atoms with E-state index >= 15 is 0 Å². The first kappa shape index (κ1) is 14.8. The summed E-state index contributed by atoms with van der Waals surface area (Å²) < 4.78 is 0. The lowest BCUT2D eigenvalue weighted by Gasteiger charge is -2.32. The summed E-state index contributed by atoms with van der Waals surface area (Å²) >= 11 is 0. The van der Waals surface area contributed by atoms with Gasteiger partial charge in [-0.2, -0.15) is 0 Å². The average Bonchev–Trinajstić information content (AvgIpc) is 3.09. The van der Waals surface area contributed by atoms with Crippen molar-refractivity contribution < 1.29 is 4.79 Å². The number of carbonyl (C=O) groups is 1. The number of hydrogen-bond acceptors (Lipinski definition) is 2. The number of carbonyl (C=O) groups excluding carboxylic acids is 1. The molecule has 2 rings (SSSR count). The predicted molar refractivity (Wildman–Crippen MR) is 78.7 cm³/mol. The van der Waals surface area contributed by atoms with E-state index in [1.165, 1.54) is 19.3 Å². The van der Waals surface area contributed by atoms with Crippen LogP contribution in [0, 0.1) is 17.8 Å². The van der Waals surface area contributed by atoms with Crippen molar-refractivity contribution in [3.05, 3.63) is 0 Å². The molecule has 1 aliphatic heterocycles. The third-order valence-electron chi connectivity index (χ3n) is 4.86. The molecule has 1 saturated carbocycles. The molecule has 0 spiro atoms. The van der Waals surface area contributed by atoms with Gasteiger partial charge in [0.05, 0.1) is 12.2 Å². The molecule has 1 aliphatic carbocycles. The lowest BCUT2D eigenvalue weighted by Crippen LogP contribution is -2.46. The van der Waals surface area contributed by atoms with Crippen LogP contribution < -0.4 is 5.32 Å². The molecule has 1 saturated heterocycles. The molecule has 3 nitrogen and oxygen atoms in total. The first-order chi connectivity index (χ1) is 8.95. The van der Waals surface area contributed by atoms with Crippen LogP contribution >= 0.6 is 0 Å². The highest BCUT2D eigenvalue weighted by molar-refractivity contribution is 5.85. The second kappa shape index (κ2) is 5.82. The smallest absolute Gasteiger partial charge is 0.241 e. The molecule has 0 aromatic rings. The first-order valence-electron chi connectivity index (χ1n) is 8.03. The molecule has 2 fully saturated rings. The van der Waals surface area contributed by atoms with Crippen LogP contribution in [0.3, 0.4) is 0 Å². The van der Waals surface area contributed by atoms with Gasteiger partial charge in [-0.25, -0.2) is 0 Å². The Hall–Kier alpha value is -0.570. The zero-order valence-corrected chi connectivity index (χ0v) is 13.1. The normalized spacial score (nSPS) is 31.1. The summed E-state index contributed by atoms with van der Waals surface area (Å²) in [4.78, 5) is 14.9. The molecule has 0 radical (unpaired) electrons. The lowest BCUT2D eigenvalue weighted by molar-refractivity contribution is -0.133. The second-order valence-corrected chi connectivity index (χ2v) is 6.99. The van der Waals surface area contributed by atoms with E-state index in [1.54, 1.807) is 0 Å². The monoisotopic (exact) mass is 266 g/mol. The Morgan fingerprint density at radius 3 is 2.37 bits per heavy atom. The summed E-state index contributed by atoms with van der Waals surface area (Å²) in [6.45, 7) is 11.0. The minimum absolute atomic E-state index is 0.0269. The largest absolute Gasteiger partial charge is 0.323 e. The van der Waals surface area contributed by atoms with Crippen LogP contribution in [0.5, 0.6) is 0 Å². The highest BCUT2D eigenvalue weighted by Crippen LogP contribution is 2.36. The standard InChI is InChI=1S/C16H30N2O/c1-6-11(4)14-16(19)18(15(17-14)10(2)3)12(5)9-13-7-8-13/h10-15,17H,6-9H2,1-5H3. The summed E-state index contributed by atoms with van der Waals surface area (Å²) in [5, 5.41) is 3.59. The van der Waals surface area contributed by atoms with Crippen molar-refractivity contribution in [1.82, 2.24) is 10.2 Å². The topological polar surface area (TPSA) is 32.3 Å². The highest BCUT2D eigenvalue weighted by Gasteiger charge is 2.44. The molecule has 0 aromatic carbocycles. The maximum absolute atomic E-state index is 12.7. The van der Waals surface area contributed by atoms with Crippen LogP contribution in [-0.2, 0) is 4.79 Å². The molecule has 0 aromatic heterocycles. The number of hydrogen-bond donors (Lipinski definition) is 1. The summed E-state index contributed by atoms with van der Waals surface area (Å²) in [5.74, 6) is 2.10. The first-order valence-corrected chi connectivity index (χ1v) is 8.03. The SMILES string of the molecule is CCC(C)C1NC(C(C)C)N(C(C)CC2CC2)C1=O. The lowest BCUT2D eigenvalue weighted by atomic mass is 9.99. The molecule has 19 heavy (non-hydrogen) atoms. The Balaban J connectivity index is 2.10. The van der Waals surface area contributed by atoms with Crippen molar-refractivity contribution in [1.29, 1.82) is 0 Å². The Morgan fingerprint density at radius 1 is 1.26 bits per heavy atom. The number of rotatable bonds is 6. The molecule has 1 amide bonds. The van der Waals surface area contributed by atoms with Crippen molar-refractivity contribution in [2.45, 2.75) is 78.6 Å². The van der Waals surface area contributed by atoms with E-state index in [1.807, 2.05) is 0 Å². The quantitative estimate of drug-likeness (QED) is 0.801. The van der Waals surface area contributed by atoms with Gasteiger partial charge in [0.25, 0.3) is 0 Å². The van der Waals surface area contributed by atoms with Gasteiger partial charge in [0.2, 0.25) is 5.91 Å². The summed E-state index contributed by atoms with van der Waals surface area (Å²) in [7, 11) is 0. The molecule has 1 heterocycles. The molecular formula is C16H30N2O. The van der Waals surface area contributed by atoms with E-state index in [0.29, 0.717) is 23.8 Å². The van der Waals surface area contributed by atoms with Crippen LogP contribution in [-0.4, -0.2) is 29.1 Å². The maximum atomic E-state index is 12.7.